The van der Waals surface area contributed by atoms with Crippen LogP contribution in [0.25, 0.3) is 5.82 Å². The summed E-state index contributed by atoms with van der Waals surface area (Å²) in [6.07, 6.45) is 8.04. The van der Waals surface area contributed by atoms with Gasteiger partial charge in [-0.1, -0.05) is 12.1 Å². The third kappa shape index (κ3) is 5.51. The van der Waals surface area contributed by atoms with Gasteiger partial charge >= 0.3 is 0 Å². The Morgan fingerprint density at radius 2 is 2.04 bits per heavy atom. The molecule has 3 aromatic rings. The Balaban J connectivity index is 0.00000243. The minimum Gasteiger partial charge on any atom is -0.370 e. The fraction of sp³-hybridized carbons (Fsp3) is 0.222. The molecule has 0 radical (unpaired) electrons. The second kappa shape index (κ2) is 9.85. The molecule has 0 saturated carbocycles. The molecule has 3 N–H and O–H groups in total. The molecule has 26 heavy (non-hydrogen) atoms. The highest BCUT2D eigenvalue weighted by Crippen LogP contribution is 2.08. The molecule has 0 aliphatic heterocycles. The van der Waals surface area contributed by atoms with E-state index < -0.39 is 0 Å². The maximum absolute atomic E-state index is 5.90. The lowest BCUT2D eigenvalue weighted by molar-refractivity contribution is 0.827. The summed E-state index contributed by atoms with van der Waals surface area (Å²) >= 11 is 0. The highest BCUT2D eigenvalue weighted by atomic mass is 127. The van der Waals surface area contributed by atoms with Gasteiger partial charge in [-0.05, 0) is 30.7 Å². The molecule has 3 rings (SSSR count). The topological polar surface area (TPSA) is 94.0 Å². The number of nitrogens with one attached hydrogen (secondary N) is 1. The molecule has 7 nitrogen and oxygen atoms in total. The predicted octanol–water partition coefficient (Wildman–Crippen LogP) is 2.24. The first kappa shape index (κ1) is 19.8. The second-order valence-electron chi connectivity index (χ2n) is 5.57. The third-order valence-corrected chi connectivity index (χ3v) is 3.73. The van der Waals surface area contributed by atoms with Gasteiger partial charge in [0.15, 0.2) is 5.96 Å². The molecule has 3 heterocycles. The number of nitrogens with two attached hydrogens (primary N) is 1. The lowest BCUT2D eigenvalue weighted by Gasteiger charge is -2.06. The van der Waals surface area contributed by atoms with Crippen LogP contribution in [0.15, 0.2) is 60.1 Å². The van der Waals surface area contributed by atoms with Gasteiger partial charge in [-0.2, -0.15) is 0 Å². The maximum atomic E-state index is 5.90. The van der Waals surface area contributed by atoms with Crippen molar-refractivity contribution in [3.63, 3.8) is 0 Å². The number of hydrogen-bond acceptors (Lipinski definition) is 4. The van der Waals surface area contributed by atoms with Crippen molar-refractivity contribution in [2.24, 2.45) is 10.7 Å². The fourth-order valence-corrected chi connectivity index (χ4v) is 2.37. The molecule has 0 saturated heterocycles. The van der Waals surface area contributed by atoms with Crippen molar-refractivity contribution in [2.45, 2.75) is 19.9 Å². The van der Waals surface area contributed by atoms with Gasteiger partial charge < -0.3 is 11.1 Å². The Hall–Kier alpha value is -2.49. The van der Waals surface area contributed by atoms with Crippen molar-refractivity contribution < 1.29 is 0 Å². The van der Waals surface area contributed by atoms with Gasteiger partial charge in [0.05, 0.1) is 6.54 Å². The Kier molecular flexibility index (Phi) is 7.52. The Morgan fingerprint density at radius 1 is 1.15 bits per heavy atom. The Bertz CT molecular complexity index is 828. The van der Waals surface area contributed by atoms with Gasteiger partial charge in [0.2, 0.25) is 0 Å². The summed E-state index contributed by atoms with van der Waals surface area (Å²) in [6.45, 7) is 3.12. The van der Waals surface area contributed by atoms with Crippen molar-refractivity contribution in [2.75, 3.05) is 6.54 Å². The van der Waals surface area contributed by atoms with E-state index in [0.29, 0.717) is 19.0 Å². The van der Waals surface area contributed by atoms with Crippen molar-refractivity contribution in [1.29, 1.82) is 0 Å². The SMILES string of the molecule is Cc1nccn1-c1ccc(CN=C(N)NCCc2ccccn2)cn1.I. The monoisotopic (exact) mass is 463 g/mol. The molecule has 0 amide bonds. The van der Waals surface area contributed by atoms with Crippen molar-refractivity contribution in [3.05, 3.63) is 72.2 Å². The molecule has 136 valence electrons. The highest BCUT2D eigenvalue weighted by molar-refractivity contribution is 14.0. The molecule has 0 aliphatic carbocycles. The molecule has 0 spiro atoms. The molecule has 0 atom stereocenters. The molecule has 0 fully saturated rings. The summed E-state index contributed by atoms with van der Waals surface area (Å²) in [5.41, 5.74) is 7.92. The van der Waals surface area contributed by atoms with Crippen molar-refractivity contribution >= 4 is 29.9 Å². The van der Waals surface area contributed by atoms with Gasteiger partial charge in [-0.15, -0.1) is 24.0 Å². The van der Waals surface area contributed by atoms with Crippen molar-refractivity contribution in [3.8, 4) is 5.82 Å². The fourth-order valence-electron chi connectivity index (χ4n) is 2.37. The van der Waals surface area contributed by atoms with Crippen LogP contribution in [0.2, 0.25) is 0 Å². The van der Waals surface area contributed by atoms with Crippen LogP contribution in [0.3, 0.4) is 0 Å². The summed E-state index contributed by atoms with van der Waals surface area (Å²) in [4.78, 5) is 17.3. The highest BCUT2D eigenvalue weighted by Gasteiger charge is 2.02. The van der Waals surface area contributed by atoms with E-state index in [1.165, 1.54) is 0 Å². The lowest BCUT2D eigenvalue weighted by atomic mass is 10.3. The molecule has 0 aromatic carbocycles. The predicted molar refractivity (Wildman–Crippen MR) is 113 cm³/mol. The van der Waals surface area contributed by atoms with E-state index in [9.17, 15) is 0 Å². The van der Waals surface area contributed by atoms with E-state index in [4.69, 9.17) is 5.73 Å². The summed E-state index contributed by atoms with van der Waals surface area (Å²) in [5, 5.41) is 3.10. The van der Waals surface area contributed by atoms with Crippen LogP contribution >= 0.6 is 24.0 Å². The Labute approximate surface area is 169 Å². The van der Waals surface area contributed by atoms with Gasteiger partial charge in [0.25, 0.3) is 0 Å². The van der Waals surface area contributed by atoms with Crippen LogP contribution < -0.4 is 11.1 Å². The second-order valence-corrected chi connectivity index (χ2v) is 5.57. The average molecular weight is 463 g/mol. The molecule has 3 aromatic heterocycles. The number of hydrogen-bond donors (Lipinski definition) is 2. The van der Waals surface area contributed by atoms with Crippen LogP contribution in [-0.4, -0.2) is 32.0 Å². The van der Waals surface area contributed by atoms with Crippen LogP contribution in [0.5, 0.6) is 0 Å². The maximum Gasteiger partial charge on any atom is 0.188 e. The van der Waals surface area contributed by atoms with Crippen LogP contribution in [0.1, 0.15) is 17.1 Å². The molecule has 8 heteroatoms. The lowest BCUT2D eigenvalue weighted by Crippen LogP contribution is -2.33. The number of pyridine rings is 2. The quantitative estimate of drug-likeness (QED) is 0.332. The largest absolute Gasteiger partial charge is 0.370 e. The van der Waals surface area contributed by atoms with Crippen LogP contribution in [0, 0.1) is 6.92 Å². The minimum absolute atomic E-state index is 0. The van der Waals surface area contributed by atoms with E-state index in [0.717, 1.165) is 29.3 Å². The normalized spacial score (nSPS) is 11.0. The third-order valence-electron chi connectivity index (χ3n) is 3.73. The number of aryl methyl sites for hydroxylation is 1. The molecule has 0 unspecified atom stereocenters. The van der Waals surface area contributed by atoms with Crippen LogP contribution in [-0.2, 0) is 13.0 Å². The van der Waals surface area contributed by atoms with E-state index in [1.54, 1.807) is 18.6 Å². The van der Waals surface area contributed by atoms with Gasteiger partial charge in [0, 0.05) is 43.4 Å². The minimum atomic E-state index is 0. The summed E-state index contributed by atoms with van der Waals surface area (Å²) < 4.78 is 1.93. The summed E-state index contributed by atoms with van der Waals surface area (Å²) in [6, 6.07) is 9.81. The van der Waals surface area contributed by atoms with E-state index in [1.807, 2.05) is 48.0 Å². The molecular formula is C18H22IN7. The van der Waals surface area contributed by atoms with Gasteiger partial charge in [-0.25, -0.2) is 15.0 Å². The number of nitrogens with zero attached hydrogens (tertiary/aromatic N) is 5. The van der Waals surface area contributed by atoms with E-state index in [2.05, 4.69) is 25.3 Å². The zero-order chi connectivity index (χ0) is 17.5. The first-order chi connectivity index (χ1) is 12.2. The number of imidazole rings is 1. The Morgan fingerprint density at radius 3 is 2.69 bits per heavy atom. The van der Waals surface area contributed by atoms with Crippen LogP contribution in [0.4, 0.5) is 0 Å². The number of aliphatic imine (C=N–C) groups is 1. The zero-order valence-corrected chi connectivity index (χ0v) is 16.9. The summed E-state index contributed by atoms with van der Waals surface area (Å²) in [7, 11) is 0. The van der Waals surface area contributed by atoms with Gasteiger partial charge in [-0.3, -0.25) is 9.55 Å². The van der Waals surface area contributed by atoms with E-state index >= 15 is 0 Å². The number of rotatable bonds is 6. The van der Waals surface area contributed by atoms with E-state index in [-0.39, 0.29) is 24.0 Å². The number of aromatic nitrogens is 4. The smallest absolute Gasteiger partial charge is 0.188 e. The van der Waals surface area contributed by atoms with Gasteiger partial charge in [0.1, 0.15) is 11.6 Å². The zero-order valence-electron chi connectivity index (χ0n) is 14.5. The number of halogens is 1. The first-order valence-electron chi connectivity index (χ1n) is 8.11. The summed E-state index contributed by atoms with van der Waals surface area (Å²) in [5.74, 6) is 2.16. The number of guanidine groups is 1. The molecule has 0 aliphatic rings. The molecular weight excluding hydrogens is 441 g/mol. The van der Waals surface area contributed by atoms with Crippen molar-refractivity contribution in [1.82, 2.24) is 24.8 Å². The first-order valence-corrected chi connectivity index (χ1v) is 8.11. The standard InChI is InChI=1S/C18H21N7.HI/c1-14-20-10-11-25(14)17-6-5-15(12-23-17)13-24-18(19)22-9-7-16-4-2-3-8-21-16;/h2-6,8,10-12H,7,9,13H2,1H3,(H3,19,22,24);1H. The average Bonchev–Trinajstić information content (AvgIpc) is 3.07. The molecule has 0 bridgehead atoms.